The number of nitriles is 1. The van der Waals surface area contributed by atoms with E-state index < -0.39 is 11.9 Å². The molecule has 0 saturated carbocycles. The number of nitrogens with zero attached hydrogens (tertiary/aromatic N) is 1. The van der Waals surface area contributed by atoms with Gasteiger partial charge in [0.05, 0.1) is 7.11 Å². The van der Waals surface area contributed by atoms with Crippen LogP contribution in [0.25, 0.3) is 0 Å². The summed E-state index contributed by atoms with van der Waals surface area (Å²) in [7, 11) is 1.20. The number of carbonyl (C=O) groups excluding carboxylic acids is 2. The highest BCUT2D eigenvalue weighted by Crippen LogP contribution is 2.27. The maximum atomic E-state index is 12.0. The predicted octanol–water partition coefficient (Wildman–Crippen LogP) is 2.57. The van der Waals surface area contributed by atoms with Crippen LogP contribution in [0.4, 0.5) is 5.88 Å². The van der Waals surface area contributed by atoms with Crippen molar-refractivity contribution < 1.29 is 23.5 Å². The molecule has 1 heterocycles. The number of rotatable bonds is 5. The summed E-state index contributed by atoms with van der Waals surface area (Å²) >= 11 is 0. The third kappa shape index (κ3) is 3.55. The Labute approximate surface area is 138 Å². The molecule has 0 aliphatic heterocycles. The van der Waals surface area contributed by atoms with Crippen LogP contribution in [-0.4, -0.2) is 25.6 Å². The van der Waals surface area contributed by atoms with Crippen LogP contribution < -0.4 is 10.1 Å². The minimum Gasteiger partial charge on any atom is -0.483 e. The monoisotopic (exact) mass is 328 g/mol. The lowest BCUT2D eigenvalue weighted by atomic mass is 10.1. The van der Waals surface area contributed by atoms with Crippen molar-refractivity contribution in [1.82, 2.24) is 0 Å². The van der Waals surface area contributed by atoms with Gasteiger partial charge in [-0.25, -0.2) is 4.79 Å². The first kappa shape index (κ1) is 17.1. The molecule has 0 unspecified atom stereocenters. The van der Waals surface area contributed by atoms with Gasteiger partial charge in [-0.2, -0.15) is 5.26 Å². The van der Waals surface area contributed by atoms with Crippen LogP contribution in [0, 0.1) is 25.2 Å². The van der Waals surface area contributed by atoms with Gasteiger partial charge in [-0.05, 0) is 25.5 Å². The molecule has 0 saturated heterocycles. The topological polar surface area (TPSA) is 102 Å². The molecule has 124 valence electrons. The van der Waals surface area contributed by atoms with Gasteiger partial charge >= 0.3 is 5.97 Å². The van der Waals surface area contributed by atoms with Crippen LogP contribution in [0.1, 0.15) is 27.2 Å². The fourth-order valence-corrected chi connectivity index (χ4v) is 2.11. The normalized spacial score (nSPS) is 9.92. The second-order valence-electron chi connectivity index (χ2n) is 4.94. The van der Waals surface area contributed by atoms with Crippen molar-refractivity contribution in [2.75, 3.05) is 19.0 Å². The van der Waals surface area contributed by atoms with E-state index in [1.165, 1.54) is 14.0 Å². The number of methoxy groups -OCH3 is 1. The van der Waals surface area contributed by atoms with Crippen LogP contribution in [0.3, 0.4) is 0 Å². The summed E-state index contributed by atoms with van der Waals surface area (Å²) in [6.45, 7) is 3.11. The molecule has 24 heavy (non-hydrogen) atoms. The number of benzene rings is 1. The van der Waals surface area contributed by atoms with E-state index in [0.717, 1.165) is 5.56 Å². The second-order valence-corrected chi connectivity index (χ2v) is 4.94. The Morgan fingerprint density at radius 3 is 2.62 bits per heavy atom. The lowest BCUT2D eigenvalue weighted by Crippen LogP contribution is -2.20. The molecule has 0 radical (unpaired) electrons. The first-order valence-electron chi connectivity index (χ1n) is 7.08. The Hall–Kier alpha value is -3.27. The van der Waals surface area contributed by atoms with Gasteiger partial charge in [0.1, 0.15) is 28.7 Å². The molecular weight excluding hydrogens is 312 g/mol. The molecule has 1 N–H and O–H groups in total. The van der Waals surface area contributed by atoms with E-state index in [-0.39, 0.29) is 29.4 Å². The van der Waals surface area contributed by atoms with Crippen LogP contribution in [0.5, 0.6) is 5.75 Å². The number of carbonyl (C=O) groups is 2. The molecule has 7 nitrogen and oxygen atoms in total. The summed E-state index contributed by atoms with van der Waals surface area (Å²) in [4.78, 5) is 23.7. The summed E-state index contributed by atoms with van der Waals surface area (Å²) in [6, 6.07) is 9.11. The largest absolute Gasteiger partial charge is 0.483 e. The average Bonchev–Trinajstić information content (AvgIpc) is 2.88. The standard InChI is InChI=1S/C17H16N2O5/c1-10-6-4-5-7-13(10)23-9-14(20)19-16-12(8-18)15(11(2)24-16)17(21)22-3/h4-7H,9H2,1-3H3,(H,19,20). The summed E-state index contributed by atoms with van der Waals surface area (Å²) < 4.78 is 15.3. The third-order valence-electron chi connectivity index (χ3n) is 3.29. The molecule has 0 bridgehead atoms. The molecule has 2 aromatic rings. The number of amides is 1. The van der Waals surface area contributed by atoms with E-state index >= 15 is 0 Å². The van der Waals surface area contributed by atoms with E-state index in [9.17, 15) is 14.9 Å². The fraction of sp³-hybridized carbons (Fsp3) is 0.235. The quantitative estimate of drug-likeness (QED) is 0.846. The number of aryl methyl sites for hydroxylation is 2. The second kappa shape index (κ2) is 7.33. The van der Waals surface area contributed by atoms with Crippen LogP contribution in [0.15, 0.2) is 28.7 Å². The van der Waals surface area contributed by atoms with E-state index in [1.54, 1.807) is 12.1 Å². The molecule has 0 aliphatic rings. The number of para-hydroxylation sites is 1. The molecule has 0 atom stereocenters. The molecule has 0 spiro atoms. The number of hydrogen-bond acceptors (Lipinski definition) is 6. The molecule has 2 rings (SSSR count). The number of nitrogens with one attached hydrogen (secondary N) is 1. The Kier molecular flexibility index (Phi) is 5.22. The van der Waals surface area contributed by atoms with Crippen molar-refractivity contribution in [1.29, 1.82) is 5.26 Å². The Morgan fingerprint density at radius 1 is 1.29 bits per heavy atom. The SMILES string of the molecule is COC(=O)c1c(C)oc(NC(=O)COc2ccccc2C)c1C#N. The van der Waals surface area contributed by atoms with Crippen molar-refractivity contribution in [2.45, 2.75) is 13.8 Å². The summed E-state index contributed by atoms with van der Waals surface area (Å²) in [6.07, 6.45) is 0. The van der Waals surface area contributed by atoms with Crippen molar-refractivity contribution in [3.8, 4) is 11.8 Å². The molecular formula is C17H16N2O5. The van der Waals surface area contributed by atoms with Crippen LogP contribution in [0.2, 0.25) is 0 Å². The van der Waals surface area contributed by atoms with Gasteiger partial charge in [-0.15, -0.1) is 0 Å². The number of hydrogen-bond donors (Lipinski definition) is 1. The summed E-state index contributed by atoms with van der Waals surface area (Å²) in [5.74, 6) is -0.550. The van der Waals surface area contributed by atoms with Crippen LogP contribution >= 0.6 is 0 Å². The highest BCUT2D eigenvalue weighted by molar-refractivity contribution is 5.98. The molecule has 0 fully saturated rings. The first-order chi connectivity index (χ1) is 11.5. The van der Waals surface area contributed by atoms with Gasteiger partial charge < -0.3 is 13.9 Å². The van der Waals surface area contributed by atoms with Crippen molar-refractivity contribution >= 4 is 17.8 Å². The number of ether oxygens (including phenoxy) is 2. The van der Waals surface area contributed by atoms with E-state index in [4.69, 9.17) is 9.15 Å². The highest BCUT2D eigenvalue weighted by atomic mass is 16.5. The minimum atomic E-state index is -0.704. The Morgan fingerprint density at radius 2 is 2.00 bits per heavy atom. The maximum absolute atomic E-state index is 12.0. The minimum absolute atomic E-state index is 0.00452. The number of esters is 1. The van der Waals surface area contributed by atoms with Gasteiger partial charge in [0.15, 0.2) is 6.61 Å². The average molecular weight is 328 g/mol. The molecule has 1 aromatic carbocycles. The van der Waals surface area contributed by atoms with E-state index in [0.29, 0.717) is 5.75 Å². The van der Waals surface area contributed by atoms with Crippen molar-refractivity contribution in [3.63, 3.8) is 0 Å². The molecule has 1 aromatic heterocycles. The van der Waals surface area contributed by atoms with Gasteiger partial charge in [0.25, 0.3) is 5.91 Å². The first-order valence-corrected chi connectivity index (χ1v) is 7.08. The Balaban J connectivity index is 2.11. The summed E-state index contributed by atoms with van der Waals surface area (Å²) in [5, 5.41) is 11.6. The van der Waals surface area contributed by atoms with Gasteiger partial charge in [0.2, 0.25) is 5.88 Å². The predicted molar refractivity (Wildman–Crippen MR) is 84.8 cm³/mol. The summed E-state index contributed by atoms with van der Waals surface area (Å²) in [5.41, 5.74) is 0.809. The van der Waals surface area contributed by atoms with Crippen molar-refractivity contribution in [2.24, 2.45) is 0 Å². The Bertz CT molecular complexity index is 817. The van der Waals surface area contributed by atoms with Crippen LogP contribution in [-0.2, 0) is 9.53 Å². The lowest BCUT2D eigenvalue weighted by Gasteiger charge is -2.08. The fourth-order valence-electron chi connectivity index (χ4n) is 2.11. The zero-order chi connectivity index (χ0) is 17.7. The van der Waals surface area contributed by atoms with Gasteiger partial charge in [0, 0.05) is 0 Å². The highest BCUT2D eigenvalue weighted by Gasteiger charge is 2.25. The molecule has 0 aliphatic carbocycles. The number of anilines is 1. The number of furan rings is 1. The molecule has 1 amide bonds. The van der Waals surface area contributed by atoms with Gasteiger partial charge in [-0.3, -0.25) is 10.1 Å². The zero-order valence-electron chi connectivity index (χ0n) is 13.5. The zero-order valence-corrected chi connectivity index (χ0v) is 13.5. The third-order valence-corrected chi connectivity index (χ3v) is 3.29. The van der Waals surface area contributed by atoms with Crippen molar-refractivity contribution in [3.05, 3.63) is 46.7 Å². The van der Waals surface area contributed by atoms with Gasteiger partial charge in [-0.1, -0.05) is 18.2 Å². The smallest absolute Gasteiger partial charge is 0.342 e. The van der Waals surface area contributed by atoms with E-state index in [2.05, 4.69) is 10.1 Å². The lowest BCUT2D eigenvalue weighted by molar-refractivity contribution is -0.118. The maximum Gasteiger partial charge on any atom is 0.342 e. The van der Waals surface area contributed by atoms with E-state index in [1.807, 2.05) is 25.1 Å². The molecule has 7 heteroatoms.